The number of amides is 1. The van der Waals surface area contributed by atoms with Gasteiger partial charge in [0.15, 0.2) is 11.5 Å². The molecular formula is C21H23Cl2N5O4. The molecule has 3 rings (SSSR count). The highest BCUT2D eigenvalue weighted by molar-refractivity contribution is 6.31. The van der Waals surface area contributed by atoms with Gasteiger partial charge in [-0.3, -0.25) is 4.79 Å². The zero-order valence-electron chi connectivity index (χ0n) is 17.4. The standard InChI is InChI=1S/C21H23Cl2N5O4/c1-2-30-17-9-14(11-25-7-8-26-21(29)19-20(24)28-32-27-19)16(23)10-18(17)31-12-13-3-5-15(22)6-4-13/h3-6,9-10,25H,2,7-8,11-12H2,1H3,(H2,24,28)(H,26,29). The summed E-state index contributed by atoms with van der Waals surface area (Å²) in [5, 5.41) is 13.9. The Bertz CT molecular complexity index is 1040. The molecule has 0 aliphatic carbocycles. The average Bonchev–Trinajstić information content (AvgIpc) is 3.21. The molecule has 4 N–H and O–H groups in total. The van der Waals surface area contributed by atoms with Gasteiger partial charge in [0, 0.05) is 35.7 Å². The number of anilines is 1. The quantitative estimate of drug-likeness (QED) is 0.357. The van der Waals surface area contributed by atoms with Crippen LogP contribution in [-0.2, 0) is 13.2 Å². The molecule has 1 amide bonds. The lowest BCUT2D eigenvalue weighted by molar-refractivity contribution is 0.0944. The highest BCUT2D eigenvalue weighted by Crippen LogP contribution is 2.34. The van der Waals surface area contributed by atoms with E-state index in [-0.39, 0.29) is 11.5 Å². The predicted molar refractivity (Wildman–Crippen MR) is 121 cm³/mol. The normalized spacial score (nSPS) is 10.7. The van der Waals surface area contributed by atoms with Gasteiger partial charge in [-0.15, -0.1) is 0 Å². The van der Waals surface area contributed by atoms with E-state index in [1.54, 1.807) is 6.07 Å². The molecule has 11 heteroatoms. The third-order valence-corrected chi connectivity index (χ3v) is 4.96. The van der Waals surface area contributed by atoms with Gasteiger partial charge in [-0.2, -0.15) is 0 Å². The minimum atomic E-state index is -0.454. The fourth-order valence-electron chi connectivity index (χ4n) is 2.76. The summed E-state index contributed by atoms with van der Waals surface area (Å²) in [6.45, 7) is 4.05. The number of hydrogen-bond donors (Lipinski definition) is 3. The van der Waals surface area contributed by atoms with E-state index >= 15 is 0 Å². The van der Waals surface area contributed by atoms with Crippen molar-refractivity contribution in [1.82, 2.24) is 20.9 Å². The zero-order chi connectivity index (χ0) is 22.9. The van der Waals surface area contributed by atoms with Crippen molar-refractivity contribution in [2.45, 2.75) is 20.1 Å². The van der Waals surface area contributed by atoms with E-state index < -0.39 is 5.91 Å². The lowest BCUT2D eigenvalue weighted by Gasteiger charge is -2.15. The van der Waals surface area contributed by atoms with Gasteiger partial charge < -0.3 is 25.8 Å². The monoisotopic (exact) mass is 479 g/mol. The summed E-state index contributed by atoms with van der Waals surface area (Å²) in [6, 6.07) is 11.0. The van der Waals surface area contributed by atoms with Crippen molar-refractivity contribution < 1.29 is 18.9 Å². The topological polar surface area (TPSA) is 125 Å². The Labute approximate surface area is 195 Å². The van der Waals surface area contributed by atoms with Crippen molar-refractivity contribution >= 4 is 34.9 Å². The molecule has 1 aromatic heterocycles. The fourth-order valence-corrected chi connectivity index (χ4v) is 3.11. The van der Waals surface area contributed by atoms with Gasteiger partial charge in [0.05, 0.1) is 6.61 Å². The Morgan fingerprint density at radius 1 is 1.09 bits per heavy atom. The minimum Gasteiger partial charge on any atom is -0.490 e. The molecule has 1 heterocycles. The first-order valence-corrected chi connectivity index (χ1v) is 10.6. The number of carbonyl (C=O) groups is 1. The van der Waals surface area contributed by atoms with Crippen LogP contribution in [0.1, 0.15) is 28.5 Å². The van der Waals surface area contributed by atoms with Crippen LogP contribution in [0.5, 0.6) is 11.5 Å². The van der Waals surface area contributed by atoms with E-state index in [0.29, 0.717) is 54.4 Å². The maximum absolute atomic E-state index is 11.9. The molecule has 3 aromatic rings. The minimum absolute atomic E-state index is 0.0383. The number of halogens is 2. The van der Waals surface area contributed by atoms with E-state index in [0.717, 1.165) is 11.1 Å². The van der Waals surface area contributed by atoms with Crippen molar-refractivity contribution in [1.29, 1.82) is 0 Å². The highest BCUT2D eigenvalue weighted by atomic mass is 35.5. The van der Waals surface area contributed by atoms with E-state index in [2.05, 4.69) is 25.6 Å². The average molecular weight is 480 g/mol. The maximum atomic E-state index is 11.9. The van der Waals surface area contributed by atoms with Crippen LogP contribution < -0.4 is 25.8 Å². The first-order valence-electron chi connectivity index (χ1n) is 9.87. The number of nitrogen functional groups attached to an aromatic ring is 1. The Morgan fingerprint density at radius 3 is 2.53 bits per heavy atom. The Morgan fingerprint density at radius 2 is 1.84 bits per heavy atom. The third-order valence-electron chi connectivity index (χ3n) is 4.35. The molecule has 0 unspecified atom stereocenters. The van der Waals surface area contributed by atoms with Crippen LogP contribution >= 0.6 is 23.2 Å². The van der Waals surface area contributed by atoms with E-state index in [1.807, 2.05) is 37.3 Å². The zero-order valence-corrected chi connectivity index (χ0v) is 18.9. The second-order valence-corrected chi connectivity index (χ2v) is 7.51. The molecule has 0 aliphatic heterocycles. The number of carbonyl (C=O) groups excluding carboxylic acids is 1. The van der Waals surface area contributed by atoms with Gasteiger partial charge in [-0.1, -0.05) is 35.3 Å². The summed E-state index contributed by atoms with van der Waals surface area (Å²) >= 11 is 12.4. The number of rotatable bonds is 11. The van der Waals surface area contributed by atoms with E-state index in [1.165, 1.54) is 0 Å². The van der Waals surface area contributed by atoms with Crippen LogP contribution in [0.15, 0.2) is 41.0 Å². The molecule has 0 spiro atoms. The second-order valence-electron chi connectivity index (χ2n) is 6.67. The summed E-state index contributed by atoms with van der Waals surface area (Å²) in [6.07, 6.45) is 0. The van der Waals surface area contributed by atoms with Crippen LogP contribution in [0.2, 0.25) is 10.0 Å². The van der Waals surface area contributed by atoms with Gasteiger partial charge in [-0.25, -0.2) is 4.63 Å². The molecule has 0 aliphatic rings. The van der Waals surface area contributed by atoms with Crippen LogP contribution in [0.4, 0.5) is 5.82 Å². The molecule has 0 saturated carbocycles. The summed E-state index contributed by atoms with van der Waals surface area (Å²) in [4.78, 5) is 11.9. The summed E-state index contributed by atoms with van der Waals surface area (Å²) in [5.74, 6) is 0.653. The van der Waals surface area contributed by atoms with Crippen molar-refractivity contribution in [2.75, 3.05) is 25.4 Å². The van der Waals surface area contributed by atoms with Crippen LogP contribution in [0.3, 0.4) is 0 Å². The molecular weight excluding hydrogens is 457 g/mol. The number of nitrogens with one attached hydrogen (secondary N) is 2. The molecule has 0 fully saturated rings. The summed E-state index contributed by atoms with van der Waals surface area (Å²) in [5.41, 5.74) is 7.27. The first-order chi connectivity index (χ1) is 15.5. The fraction of sp³-hybridized carbons (Fsp3) is 0.286. The molecule has 0 saturated heterocycles. The molecule has 32 heavy (non-hydrogen) atoms. The van der Waals surface area contributed by atoms with Crippen molar-refractivity contribution in [3.05, 3.63) is 63.3 Å². The van der Waals surface area contributed by atoms with Gasteiger partial charge in [0.2, 0.25) is 11.5 Å². The number of aromatic nitrogens is 2. The summed E-state index contributed by atoms with van der Waals surface area (Å²) < 4.78 is 16.1. The number of ether oxygens (including phenoxy) is 2. The van der Waals surface area contributed by atoms with Gasteiger partial charge in [-0.05, 0) is 46.6 Å². The van der Waals surface area contributed by atoms with Crippen molar-refractivity contribution in [3.8, 4) is 11.5 Å². The van der Waals surface area contributed by atoms with Crippen LogP contribution in [0.25, 0.3) is 0 Å². The van der Waals surface area contributed by atoms with E-state index in [4.69, 9.17) is 38.4 Å². The van der Waals surface area contributed by atoms with Crippen molar-refractivity contribution in [2.24, 2.45) is 0 Å². The number of hydrogen-bond acceptors (Lipinski definition) is 8. The van der Waals surface area contributed by atoms with Crippen LogP contribution in [-0.4, -0.2) is 35.9 Å². The molecule has 170 valence electrons. The summed E-state index contributed by atoms with van der Waals surface area (Å²) in [7, 11) is 0. The number of nitrogens with two attached hydrogens (primary N) is 1. The lowest BCUT2D eigenvalue weighted by atomic mass is 10.2. The Kier molecular flexibility index (Phi) is 8.55. The molecule has 9 nitrogen and oxygen atoms in total. The van der Waals surface area contributed by atoms with Crippen molar-refractivity contribution in [3.63, 3.8) is 0 Å². The SMILES string of the molecule is CCOc1cc(CNCCNC(=O)c2nonc2N)c(Cl)cc1OCc1ccc(Cl)cc1. The first kappa shape index (κ1) is 23.6. The highest BCUT2D eigenvalue weighted by Gasteiger charge is 2.15. The maximum Gasteiger partial charge on any atom is 0.277 e. The molecule has 0 radical (unpaired) electrons. The van der Waals surface area contributed by atoms with E-state index in [9.17, 15) is 4.79 Å². The third kappa shape index (κ3) is 6.49. The Balaban J connectivity index is 1.53. The van der Waals surface area contributed by atoms with Crippen LogP contribution in [0, 0.1) is 0 Å². The van der Waals surface area contributed by atoms with Gasteiger partial charge in [0.1, 0.15) is 6.61 Å². The predicted octanol–water partition coefficient (Wildman–Crippen LogP) is 3.46. The smallest absolute Gasteiger partial charge is 0.277 e. The van der Waals surface area contributed by atoms with Gasteiger partial charge >= 0.3 is 0 Å². The number of nitrogens with zero attached hydrogens (tertiary/aromatic N) is 2. The largest absolute Gasteiger partial charge is 0.490 e. The molecule has 2 aromatic carbocycles. The molecule has 0 bridgehead atoms. The molecule has 0 atom stereocenters. The Hall–Kier alpha value is -3.01. The lowest BCUT2D eigenvalue weighted by Crippen LogP contribution is -2.32. The van der Waals surface area contributed by atoms with Gasteiger partial charge in [0.25, 0.3) is 5.91 Å². The second kappa shape index (κ2) is 11.6. The number of benzene rings is 2.